The fourth-order valence-corrected chi connectivity index (χ4v) is 7.41. The average molecular weight is 668 g/mol. The maximum Gasteiger partial charge on any atom is 0.143 e. The summed E-state index contributed by atoms with van der Waals surface area (Å²) in [6.45, 7) is 0. The molecule has 0 fully saturated rings. The zero-order chi connectivity index (χ0) is 37.9. The normalized spacial score (nSPS) is 12.5. The number of para-hydroxylation sites is 1. The van der Waals surface area contributed by atoms with Gasteiger partial charge in [0.2, 0.25) is 0 Å². The average Bonchev–Trinajstić information content (AvgIpc) is 3.63. The molecule has 0 aliphatic carbocycles. The zero-order valence-electron chi connectivity index (χ0n) is 32.1. The summed E-state index contributed by atoms with van der Waals surface area (Å²) in [5.41, 5.74) is 8.06. The van der Waals surface area contributed by atoms with Gasteiger partial charge >= 0.3 is 0 Å². The number of anilines is 3. The summed E-state index contributed by atoms with van der Waals surface area (Å²) in [6, 6.07) is 58.1. The SMILES string of the molecule is [2H]c1c([2H])c(N(c2ccc(-c3cccc4ccccc34)cc2)c2ccccc2-c2ccc3oc4c5ccccc5ccc4c3c2)c([2H])c([2H])c1-c1ccccc1. The van der Waals surface area contributed by atoms with Crippen LogP contribution in [0.4, 0.5) is 17.1 Å². The van der Waals surface area contributed by atoms with Gasteiger partial charge < -0.3 is 9.32 Å². The minimum Gasteiger partial charge on any atom is -0.455 e. The largest absolute Gasteiger partial charge is 0.455 e. The van der Waals surface area contributed by atoms with E-state index in [1.54, 1.807) is 0 Å². The minimum absolute atomic E-state index is 0.0967. The van der Waals surface area contributed by atoms with E-state index in [9.17, 15) is 5.48 Å². The van der Waals surface area contributed by atoms with Crippen LogP contribution in [-0.2, 0) is 0 Å². The topological polar surface area (TPSA) is 16.4 Å². The van der Waals surface area contributed by atoms with Crippen LogP contribution in [0, 0.1) is 0 Å². The zero-order valence-corrected chi connectivity index (χ0v) is 28.1. The molecule has 0 saturated carbocycles. The Labute approximate surface area is 308 Å². The number of fused-ring (bicyclic) bond motifs is 6. The van der Waals surface area contributed by atoms with Gasteiger partial charge in [-0.25, -0.2) is 0 Å². The lowest BCUT2D eigenvalue weighted by atomic mass is 9.97. The van der Waals surface area contributed by atoms with Gasteiger partial charge in [-0.1, -0.05) is 152 Å². The highest BCUT2D eigenvalue weighted by atomic mass is 16.3. The highest BCUT2D eigenvalue weighted by molar-refractivity contribution is 6.15. The van der Waals surface area contributed by atoms with Crippen LogP contribution in [-0.4, -0.2) is 0 Å². The number of rotatable bonds is 6. The van der Waals surface area contributed by atoms with Crippen LogP contribution in [0.5, 0.6) is 0 Å². The van der Waals surface area contributed by atoms with Crippen molar-refractivity contribution in [2.75, 3.05) is 4.90 Å². The number of furan rings is 1. The summed E-state index contributed by atoms with van der Waals surface area (Å²) < 4.78 is 43.9. The van der Waals surface area contributed by atoms with Crippen molar-refractivity contribution in [1.82, 2.24) is 0 Å². The molecule has 10 rings (SSSR count). The Kier molecular flexibility index (Phi) is 6.22. The predicted octanol–water partition coefficient (Wildman–Crippen LogP) is 14.4. The first-order valence-corrected chi connectivity index (χ1v) is 17.4. The van der Waals surface area contributed by atoms with Crippen LogP contribution in [0.15, 0.2) is 205 Å². The van der Waals surface area contributed by atoms with Gasteiger partial charge in [0.1, 0.15) is 11.2 Å². The predicted molar refractivity (Wildman–Crippen MR) is 220 cm³/mol. The number of benzene rings is 9. The van der Waals surface area contributed by atoms with Gasteiger partial charge in [0.25, 0.3) is 0 Å². The van der Waals surface area contributed by atoms with Gasteiger partial charge in [0, 0.05) is 33.1 Å². The third-order valence-corrected chi connectivity index (χ3v) is 9.94. The smallest absolute Gasteiger partial charge is 0.143 e. The van der Waals surface area contributed by atoms with E-state index in [2.05, 4.69) is 72.8 Å². The van der Waals surface area contributed by atoms with Crippen molar-refractivity contribution in [1.29, 1.82) is 0 Å². The highest BCUT2D eigenvalue weighted by Crippen LogP contribution is 2.44. The molecule has 0 N–H and O–H groups in total. The number of nitrogens with zero attached hydrogens (tertiary/aromatic N) is 1. The first-order chi connectivity index (χ1) is 27.5. The fourth-order valence-electron chi connectivity index (χ4n) is 7.41. The Morgan fingerprint density at radius 3 is 1.87 bits per heavy atom. The van der Waals surface area contributed by atoms with E-state index in [1.165, 1.54) is 0 Å². The molecular formula is C50H33NO. The van der Waals surface area contributed by atoms with Crippen molar-refractivity contribution in [2.24, 2.45) is 0 Å². The van der Waals surface area contributed by atoms with Crippen molar-refractivity contribution in [3.63, 3.8) is 0 Å². The van der Waals surface area contributed by atoms with Crippen molar-refractivity contribution >= 4 is 60.5 Å². The van der Waals surface area contributed by atoms with Crippen LogP contribution < -0.4 is 4.90 Å². The van der Waals surface area contributed by atoms with E-state index in [4.69, 9.17) is 4.42 Å². The second-order valence-electron chi connectivity index (χ2n) is 13.0. The third kappa shape index (κ3) is 5.12. The summed E-state index contributed by atoms with van der Waals surface area (Å²) >= 11 is 0. The summed E-state index contributed by atoms with van der Waals surface area (Å²) in [5.74, 6) is 0. The molecule has 0 saturated heterocycles. The maximum absolute atomic E-state index is 9.49. The molecular weight excluding hydrogens is 631 g/mol. The molecule has 2 heteroatoms. The van der Waals surface area contributed by atoms with Gasteiger partial charge in [0.05, 0.1) is 11.2 Å². The Morgan fingerprint density at radius 2 is 1.04 bits per heavy atom. The monoisotopic (exact) mass is 667 g/mol. The van der Waals surface area contributed by atoms with E-state index in [1.807, 2.05) is 108 Å². The van der Waals surface area contributed by atoms with Crippen molar-refractivity contribution in [3.05, 3.63) is 200 Å². The molecule has 0 radical (unpaired) electrons. The highest BCUT2D eigenvalue weighted by Gasteiger charge is 2.19. The molecule has 10 aromatic rings. The summed E-state index contributed by atoms with van der Waals surface area (Å²) in [4.78, 5) is 1.88. The second kappa shape index (κ2) is 12.5. The quantitative estimate of drug-likeness (QED) is 0.175. The Bertz CT molecular complexity index is 3100. The molecule has 0 spiro atoms. The van der Waals surface area contributed by atoms with Crippen LogP contribution in [0.2, 0.25) is 0 Å². The summed E-state index contributed by atoms with van der Waals surface area (Å²) in [6.07, 6.45) is 0. The van der Waals surface area contributed by atoms with Gasteiger partial charge in [-0.3, -0.25) is 0 Å². The molecule has 1 heterocycles. The molecule has 2 nitrogen and oxygen atoms in total. The maximum atomic E-state index is 9.49. The Hall–Kier alpha value is -6.90. The van der Waals surface area contributed by atoms with Crippen LogP contribution >= 0.6 is 0 Å². The van der Waals surface area contributed by atoms with Crippen LogP contribution in [0.1, 0.15) is 5.48 Å². The fraction of sp³-hybridized carbons (Fsp3) is 0. The van der Waals surface area contributed by atoms with E-state index >= 15 is 0 Å². The summed E-state index contributed by atoms with van der Waals surface area (Å²) in [7, 11) is 0. The molecule has 0 amide bonds. The van der Waals surface area contributed by atoms with Crippen LogP contribution in [0.25, 0.3) is 76.9 Å². The Balaban J connectivity index is 1.19. The van der Waals surface area contributed by atoms with E-state index in [-0.39, 0.29) is 35.4 Å². The molecule has 0 bridgehead atoms. The van der Waals surface area contributed by atoms with Crippen molar-refractivity contribution in [3.8, 4) is 33.4 Å². The van der Waals surface area contributed by atoms with Gasteiger partial charge in [0.15, 0.2) is 0 Å². The first-order valence-electron chi connectivity index (χ1n) is 19.4. The molecule has 52 heavy (non-hydrogen) atoms. The number of hydrogen-bond donors (Lipinski definition) is 0. The molecule has 9 aromatic carbocycles. The molecule has 0 aliphatic rings. The minimum atomic E-state index is -0.124. The summed E-state index contributed by atoms with van der Waals surface area (Å²) in [5, 5.41) is 6.49. The standard InChI is InChI=1S/C50H33NO/c1-2-11-34(12-3-1)35-21-27-40(28-22-35)51(41-29-23-38(24-30-41)43-19-10-15-36-13-4-6-16-42(36)43)48-20-9-8-17-44(48)39-26-32-49-47(33-39)46-31-25-37-14-5-7-18-45(37)50(46)52-49/h1-33H/i21D,22D,27D,28D. The van der Waals surface area contributed by atoms with E-state index in [0.717, 1.165) is 71.4 Å². The van der Waals surface area contributed by atoms with Gasteiger partial charge in [-0.2, -0.15) is 0 Å². The number of hydrogen-bond acceptors (Lipinski definition) is 2. The molecule has 0 unspecified atom stereocenters. The third-order valence-electron chi connectivity index (χ3n) is 9.94. The second-order valence-corrected chi connectivity index (χ2v) is 13.0. The lowest BCUT2D eigenvalue weighted by Crippen LogP contribution is -2.11. The molecule has 0 aliphatic heterocycles. The van der Waals surface area contributed by atoms with Crippen LogP contribution in [0.3, 0.4) is 0 Å². The van der Waals surface area contributed by atoms with E-state index in [0.29, 0.717) is 11.3 Å². The lowest BCUT2D eigenvalue weighted by Gasteiger charge is -2.28. The van der Waals surface area contributed by atoms with E-state index < -0.39 is 0 Å². The molecule has 244 valence electrons. The van der Waals surface area contributed by atoms with Gasteiger partial charge in [-0.05, 0) is 92.5 Å². The lowest BCUT2D eigenvalue weighted by molar-refractivity contribution is 0.672. The molecule has 0 atom stereocenters. The molecule has 1 aromatic heterocycles. The van der Waals surface area contributed by atoms with Gasteiger partial charge in [-0.15, -0.1) is 0 Å². The van der Waals surface area contributed by atoms with Crippen molar-refractivity contribution < 1.29 is 9.90 Å². The Morgan fingerprint density at radius 1 is 0.385 bits per heavy atom. The first kappa shape index (κ1) is 26.0. The van der Waals surface area contributed by atoms with Crippen molar-refractivity contribution in [2.45, 2.75) is 0 Å².